The summed E-state index contributed by atoms with van der Waals surface area (Å²) >= 11 is 0. The maximum Gasteiger partial charge on any atom is 0.315 e. The van der Waals surface area contributed by atoms with E-state index in [1.54, 1.807) is 0 Å². The minimum Gasteiger partial charge on any atom is -0.361 e. The number of rotatable bonds is 6. The second-order valence-corrected chi connectivity index (χ2v) is 9.68. The minimum atomic E-state index is -0.600. The topological polar surface area (TPSA) is 120 Å². The van der Waals surface area contributed by atoms with Crippen LogP contribution in [0.2, 0.25) is 0 Å². The summed E-state index contributed by atoms with van der Waals surface area (Å²) in [6, 6.07) is -0.939. The fourth-order valence-corrected chi connectivity index (χ4v) is 4.69. The molecular formula is C22H34N6O4. The number of amides is 4. The van der Waals surface area contributed by atoms with E-state index in [0.29, 0.717) is 32.6 Å². The van der Waals surface area contributed by atoms with Crippen molar-refractivity contribution in [3.05, 3.63) is 17.0 Å². The van der Waals surface area contributed by atoms with Gasteiger partial charge >= 0.3 is 6.03 Å². The minimum absolute atomic E-state index is 0.0323. The first kappa shape index (κ1) is 22.6. The van der Waals surface area contributed by atoms with Crippen LogP contribution in [0.1, 0.15) is 50.1 Å². The fraction of sp³-hybridized carbons (Fsp3) is 0.727. The van der Waals surface area contributed by atoms with Gasteiger partial charge in [0, 0.05) is 49.7 Å². The molecule has 1 aliphatic carbocycles. The Balaban J connectivity index is 1.50. The van der Waals surface area contributed by atoms with Crippen LogP contribution < -0.4 is 16.0 Å². The van der Waals surface area contributed by atoms with Crippen molar-refractivity contribution < 1.29 is 18.9 Å². The van der Waals surface area contributed by atoms with E-state index in [1.165, 1.54) is 0 Å². The number of hydrogen-bond acceptors (Lipinski definition) is 6. The van der Waals surface area contributed by atoms with Gasteiger partial charge in [0.1, 0.15) is 11.8 Å². The Morgan fingerprint density at radius 3 is 2.53 bits per heavy atom. The lowest BCUT2D eigenvalue weighted by molar-refractivity contribution is -0.136. The molecule has 3 atom stereocenters. The lowest BCUT2D eigenvalue weighted by atomic mass is 10.1. The molecule has 2 aliphatic heterocycles. The molecule has 0 spiro atoms. The lowest BCUT2D eigenvalue weighted by Crippen LogP contribution is -2.52. The van der Waals surface area contributed by atoms with Crippen molar-refractivity contribution >= 4 is 17.8 Å². The van der Waals surface area contributed by atoms with Gasteiger partial charge in [-0.1, -0.05) is 5.16 Å². The fourth-order valence-electron chi connectivity index (χ4n) is 4.69. The molecule has 176 valence electrons. The summed E-state index contributed by atoms with van der Waals surface area (Å²) in [7, 11) is 0. The van der Waals surface area contributed by atoms with Crippen LogP contribution in [-0.4, -0.2) is 76.6 Å². The molecule has 3 heterocycles. The first-order valence-electron chi connectivity index (χ1n) is 11.5. The average Bonchev–Trinajstić information content (AvgIpc) is 3.45. The van der Waals surface area contributed by atoms with Crippen molar-refractivity contribution in [3.63, 3.8) is 0 Å². The zero-order chi connectivity index (χ0) is 23.0. The Labute approximate surface area is 188 Å². The normalized spacial score (nSPS) is 26.1. The second kappa shape index (κ2) is 9.09. The van der Waals surface area contributed by atoms with E-state index in [-0.39, 0.29) is 41.9 Å². The number of aryl methyl sites for hydroxylation is 2. The smallest absolute Gasteiger partial charge is 0.315 e. The van der Waals surface area contributed by atoms with Gasteiger partial charge in [-0.3, -0.25) is 14.5 Å². The van der Waals surface area contributed by atoms with E-state index >= 15 is 0 Å². The summed E-state index contributed by atoms with van der Waals surface area (Å²) in [6.07, 6.45) is 2.45. The number of aromatic nitrogens is 1. The van der Waals surface area contributed by atoms with Gasteiger partial charge in [0.05, 0.1) is 11.7 Å². The molecule has 0 bridgehead atoms. The summed E-state index contributed by atoms with van der Waals surface area (Å²) in [6.45, 7) is 9.77. The highest BCUT2D eigenvalue weighted by Crippen LogP contribution is 2.30. The maximum atomic E-state index is 13.4. The first-order chi connectivity index (χ1) is 15.2. The van der Waals surface area contributed by atoms with Crippen LogP contribution in [0.5, 0.6) is 0 Å². The van der Waals surface area contributed by atoms with Gasteiger partial charge in [-0.2, -0.15) is 0 Å². The molecule has 1 aromatic heterocycles. The molecule has 0 aromatic carbocycles. The number of hydrogen-bond donors (Lipinski definition) is 3. The average molecular weight is 447 g/mol. The summed E-state index contributed by atoms with van der Waals surface area (Å²) in [5.74, 6) is 0.693. The molecule has 0 unspecified atom stereocenters. The van der Waals surface area contributed by atoms with Gasteiger partial charge in [0.25, 0.3) is 0 Å². The summed E-state index contributed by atoms with van der Waals surface area (Å²) < 4.78 is 5.32. The molecule has 2 saturated heterocycles. The number of urea groups is 1. The molecule has 32 heavy (non-hydrogen) atoms. The van der Waals surface area contributed by atoms with Crippen LogP contribution in [-0.2, 0) is 16.1 Å². The van der Waals surface area contributed by atoms with E-state index in [2.05, 4.69) is 26.0 Å². The van der Waals surface area contributed by atoms with Gasteiger partial charge in [0.2, 0.25) is 11.8 Å². The van der Waals surface area contributed by atoms with E-state index in [0.717, 1.165) is 29.9 Å². The van der Waals surface area contributed by atoms with E-state index in [4.69, 9.17) is 4.52 Å². The number of carbonyl (C=O) groups is 3. The third kappa shape index (κ3) is 5.06. The highest BCUT2D eigenvalue weighted by Gasteiger charge is 2.44. The quantitative estimate of drug-likeness (QED) is 0.591. The molecule has 3 fully saturated rings. The Bertz CT molecular complexity index is 860. The van der Waals surface area contributed by atoms with Crippen molar-refractivity contribution in [2.45, 2.75) is 77.7 Å². The number of carbonyl (C=O) groups excluding carboxylic acids is 3. The van der Waals surface area contributed by atoms with Crippen molar-refractivity contribution in [2.24, 2.45) is 5.92 Å². The Hall–Kier alpha value is -2.62. The van der Waals surface area contributed by atoms with E-state index in [9.17, 15) is 14.4 Å². The largest absolute Gasteiger partial charge is 0.361 e. The van der Waals surface area contributed by atoms with Crippen LogP contribution in [0.3, 0.4) is 0 Å². The Morgan fingerprint density at radius 2 is 1.91 bits per heavy atom. The van der Waals surface area contributed by atoms with Crippen molar-refractivity contribution in [1.29, 1.82) is 0 Å². The summed E-state index contributed by atoms with van der Waals surface area (Å²) in [4.78, 5) is 42.1. The molecule has 3 N–H and O–H groups in total. The molecule has 4 amide bonds. The molecule has 1 aromatic rings. The third-order valence-electron chi connectivity index (χ3n) is 6.49. The predicted octanol–water partition coefficient (Wildman–Crippen LogP) is 0.679. The van der Waals surface area contributed by atoms with Gasteiger partial charge in [0.15, 0.2) is 0 Å². The highest BCUT2D eigenvalue weighted by molar-refractivity contribution is 5.90. The lowest BCUT2D eigenvalue weighted by Gasteiger charge is -2.25. The second-order valence-electron chi connectivity index (χ2n) is 9.68. The summed E-state index contributed by atoms with van der Waals surface area (Å²) in [5, 5.41) is 12.9. The molecule has 0 radical (unpaired) electrons. The van der Waals surface area contributed by atoms with Crippen LogP contribution in [0.4, 0.5) is 4.79 Å². The first-order valence-corrected chi connectivity index (χ1v) is 11.5. The zero-order valence-corrected chi connectivity index (χ0v) is 19.3. The van der Waals surface area contributed by atoms with E-state index in [1.807, 2.05) is 32.6 Å². The molecular weight excluding hydrogens is 412 g/mol. The standard InChI is InChI=1S/C22H34N6O4/c1-12(2)23-22(31)24-16-7-17-9-27(10-18-13(3)26-32-14(18)4)11-19(21(30)28(17)8-16)25-20(29)15-5-6-15/h12,15-17,19H,5-11H2,1-4H3,(H,25,29)(H2,23,24,31)/t16-,17-,19-/m0/s1. The Morgan fingerprint density at radius 1 is 1.16 bits per heavy atom. The molecule has 10 nitrogen and oxygen atoms in total. The van der Waals surface area contributed by atoms with Crippen LogP contribution >= 0.6 is 0 Å². The van der Waals surface area contributed by atoms with Crippen molar-refractivity contribution in [2.75, 3.05) is 19.6 Å². The molecule has 10 heteroatoms. The number of nitrogens with zero attached hydrogens (tertiary/aromatic N) is 3. The Kier molecular flexibility index (Phi) is 6.41. The predicted molar refractivity (Wildman–Crippen MR) is 117 cm³/mol. The van der Waals surface area contributed by atoms with Crippen LogP contribution in [0, 0.1) is 19.8 Å². The van der Waals surface area contributed by atoms with Crippen molar-refractivity contribution in [1.82, 2.24) is 30.9 Å². The maximum absolute atomic E-state index is 13.4. The monoisotopic (exact) mass is 446 g/mol. The van der Waals surface area contributed by atoms with Crippen LogP contribution in [0.25, 0.3) is 0 Å². The van der Waals surface area contributed by atoms with Crippen molar-refractivity contribution in [3.8, 4) is 0 Å². The van der Waals surface area contributed by atoms with Gasteiger partial charge < -0.3 is 25.4 Å². The highest BCUT2D eigenvalue weighted by atomic mass is 16.5. The zero-order valence-electron chi connectivity index (χ0n) is 19.3. The van der Waals surface area contributed by atoms with Crippen LogP contribution in [0.15, 0.2) is 4.52 Å². The molecule has 4 rings (SSSR count). The van der Waals surface area contributed by atoms with E-state index < -0.39 is 6.04 Å². The number of fused-ring (bicyclic) bond motifs is 1. The van der Waals surface area contributed by atoms with Gasteiger partial charge in [-0.05, 0) is 47.0 Å². The number of nitrogens with one attached hydrogen (secondary N) is 3. The third-order valence-corrected chi connectivity index (χ3v) is 6.49. The molecule has 1 saturated carbocycles. The van der Waals surface area contributed by atoms with Gasteiger partial charge in [-0.25, -0.2) is 4.79 Å². The summed E-state index contributed by atoms with van der Waals surface area (Å²) in [5.41, 5.74) is 1.85. The molecule has 3 aliphatic rings. The SMILES string of the molecule is Cc1noc(C)c1CN1C[C@@H]2C[C@H](NC(=O)NC(C)C)CN2C(=O)[C@@H](NC(=O)C2CC2)C1. The van der Waals surface area contributed by atoms with Gasteiger partial charge in [-0.15, -0.1) is 0 Å².